The SMILES string of the molecule is CN=C(N)N1CCC(COC)C1. The molecule has 0 radical (unpaired) electrons. The molecule has 1 unspecified atom stereocenters. The maximum atomic E-state index is 5.67. The molecular formula is C8H17N3O. The zero-order chi connectivity index (χ0) is 8.97. The van der Waals surface area contributed by atoms with Crippen LogP contribution in [0.2, 0.25) is 0 Å². The average molecular weight is 171 g/mol. The summed E-state index contributed by atoms with van der Waals surface area (Å²) in [6.45, 7) is 2.82. The molecule has 0 aromatic carbocycles. The van der Waals surface area contributed by atoms with Crippen LogP contribution < -0.4 is 5.73 Å². The van der Waals surface area contributed by atoms with Crippen LogP contribution in [0.25, 0.3) is 0 Å². The zero-order valence-electron chi connectivity index (χ0n) is 7.79. The van der Waals surface area contributed by atoms with Gasteiger partial charge in [0.05, 0.1) is 6.61 Å². The number of hydrogen-bond donors (Lipinski definition) is 1. The molecule has 1 fully saturated rings. The van der Waals surface area contributed by atoms with Gasteiger partial charge in [0, 0.05) is 33.2 Å². The molecule has 0 spiro atoms. The number of ether oxygens (including phenoxy) is 1. The predicted octanol–water partition coefficient (Wildman–Crippen LogP) is -0.101. The van der Waals surface area contributed by atoms with Gasteiger partial charge in [-0.15, -0.1) is 0 Å². The van der Waals surface area contributed by atoms with E-state index in [0.29, 0.717) is 11.9 Å². The third-order valence-electron chi connectivity index (χ3n) is 2.24. The Hall–Kier alpha value is -0.770. The molecule has 70 valence electrons. The molecule has 0 bridgehead atoms. The van der Waals surface area contributed by atoms with Crippen LogP contribution in [0.4, 0.5) is 0 Å². The lowest BCUT2D eigenvalue weighted by Gasteiger charge is -2.16. The summed E-state index contributed by atoms with van der Waals surface area (Å²) in [7, 11) is 3.46. The number of nitrogens with two attached hydrogens (primary N) is 1. The Balaban J connectivity index is 2.35. The number of guanidine groups is 1. The van der Waals surface area contributed by atoms with E-state index in [-0.39, 0.29) is 0 Å². The topological polar surface area (TPSA) is 50.8 Å². The van der Waals surface area contributed by atoms with Crippen molar-refractivity contribution >= 4 is 5.96 Å². The maximum Gasteiger partial charge on any atom is 0.190 e. The highest BCUT2D eigenvalue weighted by atomic mass is 16.5. The summed E-state index contributed by atoms with van der Waals surface area (Å²) >= 11 is 0. The van der Waals surface area contributed by atoms with E-state index in [1.165, 1.54) is 0 Å². The van der Waals surface area contributed by atoms with Crippen molar-refractivity contribution in [1.29, 1.82) is 0 Å². The van der Waals surface area contributed by atoms with E-state index >= 15 is 0 Å². The van der Waals surface area contributed by atoms with E-state index in [1.807, 2.05) is 0 Å². The largest absolute Gasteiger partial charge is 0.384 e. The smallest absolute Gasteiger partial charge is 0.190 e. The van der Waals surface area contributed by atoms with Gasteiger partial charge in [0.1, 0.15) is 0 Å². The Labute approximate surface area is 73.4 Å². The maximum absolute atomic E-state index is 5.67. The van der Waals surface area contributed by atoms with Crippen LogP contribution in [0.5, 0.6) is 0 Å². The van der Waals surface area contributed by atoms with Crippen LogP contribution in [0.1, 0.15) is 6.42 Å². The minimum atomic E-state index is 0.621. The highest BCUT2D eigenvalue weighted by Crippen LogP contribution is 2.15. The summed E-state index contributed by atoms with van der Waals surface area (Å²) in [5.41, 5.74) is 5.67. The van der Waals surface area contributed by atoms with Crippen LogP contribution in [-0.4, -0.2) is 44.7 Å². The molecule has 12 heavy (non-hydrogen) atoms. The van der Waals surface area contributed by atoms with Crippen molar-refractivity contribution in [3.05, 3.63) is 0 Å². The zero-order valence-corrected chi connectivity index (χ0v) is 7.79. The number of nitrogens with zero attached hydrogens (tertiary/aromatic N) is 2. The molecule has 0 saturated carbocycles. The number of likely N-dealkylation sites (tertiary alicyclic amines) is 1. The molecule has 1 aliphatic rings. The van der Waals surface area contributed by atoms with Gasteiger partial charge >= 0.3 is 0 Å². The number of aliphatic imine (C=N–C) groups is 1. The Kier molecular flexibility index (Phi) is 3.34. The van der Waals surface area contributed by atoms with Gasteiger partial charge in [0.25, 0.3) is 0 Å². The Morgan fingerprint density at radius 2 is 2.50 bits per heavy atom. The summed E-state index contributed by atoms with van der Waals surface area (Å²) < 4.78 is 5.08. The fraction of sp³-hybridized carbons (Fsp3) is 0.875. The Morgan fingerprint density at radius 3 is 3.08 bits per heavy atom. The average Bonchev–Trinajstić information content (AvgIpc) is 2.52. The monoisotopic (exact) mass is 171 g/mol. The van der Waals surface area contributed by atoms with Gasteiger partial charge in [-0.2, -0.15) is 0 Å². The van der Waals surface area contributed by atoms with Crippen molar-refractivity contribution in [1.82, 2.24) is 4.90 Å². The van der Waals surface area contributed by atoms with Gasteiger partial charge in [-0.1, -0.05) is 0 Å². The molecule has 4 nitrogen and oxygen atoms in total. The van der Waals surface area contributed by atoms with E-state index in [9.17, 15) is 0 Å². The molecule has 1 aliphatic heterocycles. The fourth-order valence-electron chi connectivity index (χ4n) is 1.55. The van der Waals surface area contributed by atoms with Gasteiger partial charge in [-0.25, -0.2) is 0 Å². The molecule has 1 saturated heterocycles. The van der Waals surface area contributed by atoms with E-state index in [4.69, 9.17) is 10.5 Å². The van der Waals surface area contributed by atoms with Crippen molar-refractivity contribution in [3.8, 4) is 0 Å². The van der Waals surface area contributed by atoms with Crippen LogP contribution in [-0.2, 0) is 4.74 Å². The van der Waals surface area contributed by atoms with E-state index in [1.54, 1.807) is 14.2 Å². The van der Waals surface area contributed by atoms with Crippen LogP contribution in [0.15, 0.2) is 4.99 Å². The molecule has 4 heteroatoms. The van der Waals surface area contributed by atoms with Crippen molar-refractivity contribution in [2.24, 2.45) is 16.6 Å². The highest BCUT2D eigenvalue weighted by Gasteiger charge is 2.22. The minimum absolute atomic E-state index is 0.621. The summed E-state index contributed by atoms with van der Waals surface area (Å²) in [5.74, 6) is 1.27. The Bertz CT molecular complexity index is 170. The first kappa shape index (κ1) is 9.32. The molecule has 0 aromatic heterocycles. The van der Waals surface area contributed by atoms with Crippen LogP contribution in [0, 0.1) is 5.92 Å². The van der Waals surface area contributed by atoms with E-state index in [0.717, 1.165) is 26.1 Å². The lowest BCUT2D eigenvalue weighted by Crippen LogP contribution is -2.35. The number of rotatable bonds is 2. The fourth-order valence-corrected chi connectivity index (χ4v) is 1.55. The van der Waals surface area contributed by atoms with Gasteiger partial charge in [0.15, 0.2) is 5.96 Å². The van der Waals surface area contributed by atoms with Gasteiger partial charge in [-0.05, 0) is 6.42 Å². The first-order valence-corrected chi connectivity index (χ1v) is 4.24. The van der Waals surface area contributed by atoms with Crippen LogP contribution in [0.3, 0.4) is 0 Å². The Morgan fingerprint density at radius 1 is 1.75 bits per heavy atom. The van der Waals surface area contributed by atoms with Crippen molar-refractivity contribution < 1.29 is 4.74 Å². The van der Waals surface area contributed by atoms with Crippen molar-refractivity contribution in [3.63, 3.8) is 0 Å². The highest BCUT2D eigenvalue weighted by molar-refractivity contribution is 5.78. The minimum Gasteiger partial charge on any atom is -0.384 e. The van der Waals surface area contributed by atoms with E-state index in [2.05, 4.69) is 9.89 Å². The second kappa shape index (κ2) is 4.30. The second-order valence-electron chi connectivity index (χ2n) is 3.14. The third-order valence-corrected chi connectivity index (χ3v) is 2.24. The predicted molar refractivity (Wildman–Crippen MR) is 49.1 cm³/mol. The lowest BCUT2D eigenvalue weighted by atomic mass is 10.1. The van der Waals surface area contributed by atoms with Gasteiger partial charge < -0.3 is 15.4 Å². The molecule has 0 aromatic rings. The standard InChI is InChI=1S/C8H17N3O/c1-10-8(9)11-4-3-7(5-11)6-12-2/h7H,3-6H2,1-2H3,(H2,9,10). The molecular weight excluding hydrogens is 154 g/mol. The first-order valence-electron chi connectivity index (χ1n) is 4.24. The van der Waals surface area contributed by atoms with E-state index < -0.39 is 0 Å². The summed E-state index contributed by atoms with van der Waals surface area (Å²) in [4.78, 5) is 6.05. The first-order chi connectivity index (χ1) is 5.77. The molecule has 1 heterocycles. The molecule has 0 aliphatic carbocycles. The summed E-state index contributed by atoms with van der Waals surface area (Å²) in [6, 6.07) is 0. The number of methoxy groups -OCH3 is 1. The van der Waals surface area contributed by atoms with Gasteiger partial charge in [-0.3, -0.25) is 4.99 Å². The van der Waals surface area contributed by atoms with Gasteiger partial charge in [0.2, 0.25) is 0 Å². The third kappa shape index (κ3) is 2.11. The quantitative estimate of drug-likeness (QED) is 0.466. The molecule has 2 N–H and O–H groups in total. The summed E-state index contributed by atoms with van der Waals surface area (Å²) in [5, 5.41) is 0. The molecule has 0 amide bonds. The van der Waals surface area contributed by atoms with Crippen molar-refractivity contribution in [2.75, 3.05) is 33.9 Å². The number of hydrogen-bond acceptors (Lipinski definition) is 2. The van der Waals surface area contributed by atoms with Crippen LogP contribution >= 0.6 is 0 Å². The van der Waals surface area contributed by atoms with Crippen molar-refractivity contribution in [2.45, 2.75) is 6.42 Å². The second-order valence-corrected chi connectivity index (χ2v) is 3.14. The lowest BCUT2D eigenvalue weighted by molar-refractivity contribution is 0.157. The summed E-state index contributed by atoms with van der Waals surface area (Å²) in [6.07, 6.45) is 1.16. The molecule has 1 atom stereocenters. The molecule has 1 rings (SSSR count). The normalized spacial score (nSPS) is 25.0.